The van der Waals surface area contributed by atoms with E-state index in [1.807, 2.05) is 6.92 Å². The van der Waals surface area contributed by atoms with Crippen molar-refractivity contribution in [2.75, 3.05) is 20.8 Å². The van der Waals surface area contributed by atoms with Crippen LogP contribution in [0.3, 0.4) is 0 Å². The molecule has 78 valence electrons. The Morgan fingerprint density at radius 2 is 2.08 bits per heavy atom. The van der Waals surface area contributed by atoms with Gasteiger partial charge in [-0.1, -0.05) is 0 Å². The van der Waals surface area contributed by atoms with E-state index in [0.717, 1.165) is 12.8 Å². The topological polar surface area (TPSA) is 61.5 Å². The molecule has 0 aromatic carbocycles. The van der Waals surface area contributed by atoms with Crippen molar-refractivity contribution in [3.63, 3.8) is 0 Å². The normalized spacial score (nSPS) is 15.1. The van der Waals surface area contributed by atoms with E-state index in [1.165, 1.54) is 7.11 Å². The maximum Gasteiger partial charge on any atom is 0.307 e. The second-order valence-electron chi connectivity index (χ2n) is 3.50. The zero-order chi connectivity index (χ0) is 10.3. The molecule has 2 N–H and O–H groups in total. The summed E-state index contributed by atoms with van der Waals surface area (Å²) in [7, 11) is 3.02. The van der Waals surface area contributed by atoms with Crippen LogP contribution in [0.4, 0.5) is 0 Å². The Morgan fingerprint density at radius 1 is 1.46 bits per heavy atom. The van der Waals surface area contributed by atoms with Gasteiger partial charge in [0.25, 0.3) is 0 Å². The average Bonchev–Trinajstić information content (AvgIpc) is 2.03. The van der Waals surface area contributed by atoms with Crippen molar-refractivity contribution in [2.45, 2.75) is 31.7 Å². The fourth-order valence-electron chi connectivity index (χ4n) is 1.11. The van der Waals surface area contributed by atoms with Gasteiger partial charge >= 0.3 is 5.97 Å². The van der Waals surface area contributed by atoms with Crippen LogP contribution in [0, 0.1) is 0 Å². The van der Waals surface area contributed by atoms with Gasteiger partial charge in [-0.25, -0.2) is 0 Å². The molecule has 0 saturated carbocycles. The smallest absolute Gasteiger partial charge is 0.307 e. The molecule has 4 nitrogen and oxygen atoms in total. The van der Waals surface area contributed by atoms with Gasteiger partial charge < -0.3 is 15.2 Å². The Morgan fingerprint density at radius 3 is 2.54 bits per heavy atom. The number of rotatable bonds is 6. The Labute approximate surface area is 79.4 Å². The summed E-state index contributed by atoms with van der Waals surface area (Å²) in [6.07, 6.45) is 1.88. The summed E-state index contributed by atoms with van der Waals surface area (Å²) in [4.78, 5) is 10.9. The van der Waals surface area contributed by atoms with E-state index in [-0.39, 0.29) is 12.4 Å². The third-order valence-electron chi connectivity index (χ3n) is 1.87. The second kappa shape index (κ2) is 5.94. The SMILES string of the molecule is COCCCC(C)(N)CC(=O)OC. The molecule has 0 bridgehead atoms. The maximum atomic E-state index is 10.9. The quantitative estimate of drug-likeness (QED) is 0.493. The zero-order valence-corrected chi connectivity index (χ0v) is 8.63. The summed E-state index contributed by atoms with van der Waals surface area (Å²) < 4.78 is 9.44. The monoisotopic (exact) mass is 189 g/mol. The van der Waals surface area contributed by atoms with Gasteiger partial charge in [-0.15, -0.1) is 0 Å². The fourth-order valence-corrected chi connectivity index (χ4v) is 1.11. The molecule has 0 aliphatic rings. The minimum Gasteiger partial charge on any atom is -0.469 e. The van der Waals surface area contributed by atoms with Crippen molar-refractivity contribution in [3.8, 4) is 0 Å². The molecule has 0 fully saturated rings. The van der Waals surface area contributed by atoms with E-state index in [4.69, 9.17) is 10.5 Å². The van der Waals surface area contributed by atoms with Gasteiger partial charge in [-0.05, 0) is 19.8 Å². The highest BCUT2D eigenvalue weighted by Gasteiger charge is 2.22. The van der Waals surface area contributed by atoms with E-state index in [2.05, 4.69) is 4.74 Å². The molecule has 4 heteroatoms. The molecule has 0 amide bonds. The molecule has 0 rings (SSSR count). The van der Waals surface area contributed by atoms with E-state index in [9.17, 15) is 4.79 Å². The van der Waals surface area contributed by atoms with Gasteiger partial charge in [-0.2, -0.15) is 0 Å². The minimum atomic E-state index is -0.481. The standard InChI is InChI=1S/C9H19NO3/c1-9(10,5-4-6-12-2)7-8(11)13-3/h4-7,10H2,1-3H3. The highest BCUT2D eigenvalue weighted by atomic mass is 16.5. The van der Waals surface area contributed by atoms with E-state index in [1.54, 1.807) is 7.11 Å². The van der Waals surface area contributed by atoms with Crippen LogP contribution < -0.4 is 5.73 Å². The van der Waals surface area contributed by atoms with Crippen molar-refractivity contribution >= 4 is 5.97 Å². The van der Waals surface area contributed by atoms with Gasteiger partial charge in [0.15, 0.2) is 0 Å². The molecule has 1 unspecified atom stereocenters. The zero-order valence-electron chi connectivity index (χ0n) is 8.63. The number of esters is 1. The highest BCUT2D eigenvalue weighted by Crippen LogP contribution is 2.13. The van der Waals surface area contributed by atoms with Crippen LogP contribution in [0.1, 0.15) is 26.2 Å². The van der Waals surface area contributed by atoms with Crippen LogP contribution in [0.25, 0.3) is 0 Å². The van der Waals surface area contributed by atoms with Crippen LogP contribution in [-0.4, -0.2) is 32.3 Å². The first-order valence-electron chi connectivity index (χ1n) is 4.36. The van der Waals surface area contributed by atoms with Crippen LogP contribution in [-0.2, 0) is 14.3 Å². The molecule has 0 spiro atoms. The van der Waals surface area contributed by atoms with Crippen LogP contribution in [0.2, 0.25) is 0 Å². The summed E-state index contributed by atoms with van der Waals surface area (Å²) in [5.41, 5.74) is 5.40. The molecule has 0 saturated heterocycles. The van der Waals surface area contributed by atoms with Crippen molar-refractivity contribution in [3.05, 3.63) is 0 Å². The van der Waals surface area contributed by atoms with Crippen molar-refractivity contribution in [2.24, 2.45) is 5.73 Å². The number of hydrogen-bond donors (Lipinski definition) is 1. The molecular weight excluding hydrogens is 170 g/mol. The van der Waals surface area contributed by atoms with Crippen LogP contribution in [0.5, 0.6) is 0 Å². The number of carbonyl (C=O) groups is 1. The molecule has 0 aliphatic heterocycles. The van der Waals surface area contributed by atoms with Gasteiger partial charge in [0, 0.05) is 19.3 Å². The molecule has 0 aliphatic carbocycles. The summed E-state index contributed by atoms with van der Waals surface area (Å²) in [5.74, 6) is -0.262. The molecule has 0 radical (unpaired) electrons. The first-order chi connectivity index (χ1) is 6.02. The first kappa shape index (κ1) is 12.4. The lowest BCUT2D eigenvalue weighted by molar-refractivity contribution is -0.141. The number of hydrogen-bond acceptors (Lipinski definition) is 4. The predicted octanol–water partition coefficient (Wildman–Crippen LogP) is 0.693. The van der Waals surface area contributed by atoms with E-state index >= 15 is 0 Å². The Hall–Kier alpha value is -0.610. The second-order valence-corrected chi connectivity index (χ2v) is 3.50. The van der Waals surface area contributed by atoms with Crippen molar-refractivity contribution < 1.29 is 14.3 Å². The van der Waals surface area contributed by atoms with Gasteiger partial charge in [-0.3, -0.25) is 4.79 Å². The maximum absolute atomic E-state index is 10.9. The number of carbonyl (C=O) groups excluding carboxylic acids is 1. The Bertz CT molecular complexity index is 157. The van der Waals surface area contributed by atoms with Crippen LogP contribution >= 0.6 is 0 Å². The first-order valence-corrected chi connectivity index (χ1v) is 4.36. The molecule has 0 aromatic rings. The summed E-state index contributed by atoms with van der Waals surface area (Å²) >= 11 is 0. The summed E-state index contributed by atoms with van der Waals surface area (Å²) in [6, 6.07) is 0. The van der Waals surface area contributed by atoms with Gasteiger partial charge in [0.05, 0.1) is 13.5 Å². The van der Waals surface area contributed by atoms with Gasteiger partial charge in [0.1, 0.15) is 0 Å². The Balaban J connectivity index is 3.72. The van der Waals surface area contributed by atoms with E-state index < -0.39 is 5.54 Å². The lowest BCUT2D eigenvalue weighted by Crippen LogP contribution is -2.39. The molecule has 0 heterocycles. The molecule has 13 heavy (non-hydrogen) atoms. The van der Waals surface area contributed by atoms with Gasteiger partial charge in [0.2, 0.25) is 0 Å². The summed E-state index contributed by atoms with van der Waals surface area (Å²) in [5, 5.41) is 0. The largest absolute Gasteiger partial charge is 0.469 e. The molecule has 0 aromatic heterocycles. The highest BCUT2D eigenvalue weighted by molar-refractivity contribution is 5.70. The third kappa shape index (κ3) is 6.54. The van der Waals surface area contributed by atoms with Crippen molar-refractivity contribution in [1.82, 2.24) is 0 Å². The Kier molecular flexibility index (Phi) is 5.66. The number of ether oxygens (including phenoxy) is 2. The lowest BCUT2D eigenvalue weighted by atomic mass is 9.93. The third-order valence-corrected chi connectivity index (χ3v) is 1.87. The summed E-state index contributed by atoms with van der Waals surface area (Å²) in [6.45, 7) is 2.52. The number of nitrogens with two attached hydrogens (primary N) is 1. The van der Waals surface area contributed by atoms with Crippen LogP contribution in [0.15, 0.2) is 0 Å². The predicted molar refractivity (Wildman–Crippen MR) is 50.3 cm³/mol. The fraction of sp³-hybridized carbons (Fsp3) is 0.889. The number of methoxy groups -OCH3 is 2. The lowest BCUT2D eigenvalue weighted by Gasteiger charge is -2.22. The average molecular weight is 189 g/mol. The molecular formula is C9H19NO3. The van der Waals surface area contributed by atoms with E-state index in [0.29, 0.717) is 6.61 Å². The van der Waals surface area contributed by atoms with Crippen molar-refractivity contribution in [1.29, 1.82) is 0 Å². The minimum absolute atomic E-state index is 0.257. The molecule has 1 atom stereocenters.